The van der Waals surface area contributed by atoms with Crippen LogP contribution in [0.4, 0.5) is 5.82 Å². The van der Waals surface area contributed by atoms with Crippen molar-refractivity contribution in [3.63, 3.8) is 0 Å². The Labute approximate surface area is 92.3 Å². The van der Waals surface area contributed by atoms with Gasteiger partial charge in [-0.05, 0) is 13.8 Å². The maximum Gasteiger partial charge on any atom is 0.308 e. The molecule has 2 N–H and O–H groups in total. The van der Waals surface area contributed by atoms with E-state index in [4.69, 9.17) is 5.11 Å². The van der Waals surface area contributed by atoms with Crippen LogP contribution >= 0.6 is 0 Å². The fourth-order valence-electron chi connectivity index (χ4n) is 1.81. The Hall–Kier alpha value is -1.85. The van der Waals surface area contributed by atoms with Crippen LogP contribution in [-0.4, -0.2) is 33.7 Å². The van der Waals surface area contributed by atoms with E-state index < -0.39 is 11.9 Å². The minimum Gasteiger partial charge on any atom is -0.481 e. The van der Waals surface area contributed by atoms with Gasteiger partial charge in [-0.25, -0.2) is 0 Å². The molecule has 0 aromatic carbocycles. The van der Waals surface area contributed by atoms with Crippen LogP contribution in [0, 0.1) is 19.8 Å². The van der Waals surface area contributed by atoms with Gasteiger partial charge in [0.2, 0.25) is 5.91 Å². The van der Waals surface area contributed by atoms with Crippen molar-refractivity contribution in [2.75, 3.05) is 11.4 Å². The standard InChI is InChI=1S/C10H13N3O3/c1-5-6(2)11-12-9(5)13-4-7(10(15)16)3-8(13)14/h7H,3-4H2,1-2H3,(H,11,12)(H,15,16). The third kappa shape index (κ3) is 1.56. The van der Waals surface area contributed by atoms with Gasteiger partial charge in [0, 0.05) is 24.2 Å². The number of rotatable bonds is 2. The molecule has 0 spiro atoms. The Kier molecular flexibility index (Phi) is 2.41. The van der Waals surface area contributed by atoms with E-state index in [1.807, 2.05) is 13.8 Å². The molecule has 1 saturated heterocycles. The fraction of sp³-hybridized carbons (Fsp3) is 0.500. The topological polar surface area (TPSA) is 86.3 Å². The number of carbonyl (C=O) groups is 2. The lowest BCUT2D eigenvalue weighted by Crippen LogP contribution is -2.26. The number of nitrogens with zero attached hydrogens (tertiary/aromatic N) is 2. The zero-order valence-corrected chi connectivity index (χ0v) is 9.15. The molecule has 1 aliphatic rings. The maximum atomic E-state index is 11.7. The van der Waals surface area contributed by atoms with Crippen LogP contribution in [0.5, 0.6) is 0 Å². The predicted octanol–water partition coefficient (Wildman–Crippen LogP) is 0.464. The Bertz CT molecular complexity index is 452. The number of amides is 1. The summed E-state index contributed by atoms with van der Waals surface area (Å²) in [5.41, 5.74) is 1.78. The highest BCUT2D eigenvalue weighted by molar-refractivity contribution is 5.99. The second kappa shape index (κ2) is 3.62. The molecule has 16 heavy (non-hydrogen) atoms. The van der Waals surface area contributed by atoms with Gasteiger partial charge in [-0.15, -0.1) is 0 Å². The number of nitrogens with one attached hydrogen (secondary N) is 1. The van der Waals surface area contributed by atoms with E-state index >= 15 is 0 Å². The van der Waals surface area contributed by atoms with Crippen molar-refractivity contribution in [3.8, 4) is 0 Å². The molecule has 1 amide bonds. The zero-order chi connectivity index (χ0) is 11.9. The molecule has 1 aliphatic heterocycles. The average molecular weight is 223 g/mol. The van der Waals surface area contributed by atoms with Gasteiger partial charge in [0.1, 0.15) is 0 Å². The molecule has 86 valence electrons. The summed E-state index contributed by atoms with van der Waals surface area (Å²) in [7, 11) is 0. The molecule has 6 heteroatoms. The van der Waals surface area contributed by atoms with E-state index in [0.717, 1.165) is 11.3 Å². The molecule has 1 fully saturated rings. The molecule has 0 saturated carbocycles. The van der Waals surface area contributed by atoms with Crippen molar-refractivity contribution in [2.24, 2.45) is 5.92 Å². The number of carboxylic acids is 1. The number of hydrogen-bond donors (Lipinski definition) is 2. The number of anilines is 1. The minimum atomic E-state index is -0.930. The number of hydrogen-bond acceptors (Lipinski definition) is 3. The second-order valence-corrected chi connectivity index (χ2v) is 4.04. The molecular formula is C10H13N3O3. The normalized spacial score (nSPS) is 20.5. The second-order valence-electron chi connectivity index (χ2n) is 4.04. The SMILES string of the molecule is Cc1[nH]nc(N2CC(C(=O)O)CC2=O)c1C. The van der Waals surface area contributed by atoms with E-state index in [1.165, 1.54) is 4.90 Å². The smallest absolute Gasteiger partial charge is 0.308 e. The average Bonchev–Trinajstić information content (AvgIpc) is 2.73. The lowest BCUT2D eigenvalue weighted by Gasteiger charge is -2.13. The predicted molar refractivity (Wildman–Crippen MR) is 56.2 cm³/mol. The van der Waals surface area contributed by atoms with Crippen molar-refractivity contribution in [1.29, 1.82) is 0 Å². The van der Waals surface area contributed by atoms with Crippen molar-refractivity contribution < 1.29 is 14.7 Å². The van der Waals surface area contributed by atoms with Crippen LogP contribution in [0.15, 0.2) is 0 Å². The monoisotopic (exact) mass is 223 g/mol. The number of carboxylic acid groups (broad SMARTS) is 1. The van der Waals surface area contributed by atoms with Gasteiger partial charge in [0.05, 0.1) is 5.92 Å². The van der Waals surface area contributed by atoms with Crippen LogP contribution in [0.25, 0.3) is 0 Å². The maximum absolute atomic E-state index is 11.7. The summed E-state index contributed by atoms with van der Waals surface area (Å²) >= 11 is 0. The van der Waals surface area contributed by atoms with Crippen molar-refractivity contribution in [2.45, 2.75) is 20.3 Å². The number of H-pyrrole nitrogens is 1. The Morgan fingerprint density at radius 3 is 2.69 bits per heavy atom. The Morgan fingerprint density at radius 1 is 1.56 bits per heavy atom. The summed E-state index contributed by atoms with van der Waals surface area (Å²) in [4.78, 5) is 23.9. The van der Waals surface area contributed by atoms with E-state index in [1.54, 1.807) is 0 Å². The molecular weight excluding hydrogens is 210 g/mol. The van der Waals surface area contributed by atoms with Gasteiger partial charge in [0.25, 0.3) is 0 Å². The van der Waals surface area contributed by atoms with Gasteiger partial charge in [-0.3, -0.25) is 19.6 Å². The van der Waals surface area contributed by atoms with E-state index in [0.29, 0.717) is 5.82 Å². The van der Waals surface area contributed by atoms with Gasteiger partial charge >= 0.3 is 5.97 Å². The first-order valence-corrected chi connectivity index (χ1v) is 5.05. The first-order chi connectivity index (χ1) is 7.50. The van der Waals surface area contributed by atoms with Crippen molar-refractivity contribution in [3.05, 3.63) is 11.3 Å². The molecule has 1 atom stereocenters. The van der Waals surface area contributed by atoms with Gasteiger partial charge < -0.3 is 5.11 Å². The summed E-state index contributed by atoms with van der Waals surface area (Å²) < 4.78 is 0. The number of aromatic amines is 1. The number of aliphatic carboxylic acids is 1. The first kappa shape index (κ1) is 10.7. The highest BCUT2D eigenvalue weighted by Gasteiger charge is 2.36. The molecule has 0 radical (unpaired) electrons. The minimum absolute atomic E-state index is 0.0562. The van der Waals surface area contributed by atoms with Crippen LogP contribution in [0.1, 0.15) is 17.7 Å². The number of carbonyl (C=O) groups excluding carboxylic acids is 1. The molecule has 0 aliphatic carbocycles. The Morgan fingerprint density at radius 2 is 2.25 bits per heavy atom. The highest BCUT2D eigenvalue weighted by atomic mass is 16.4. The first-order valence-electron chi connectivity index (χ1n) is 5.05. The summed E-state index contributed by atoms with van der Waals surface area (Å²) in [5.74, 6) is -1.18. The third-order valence-electron chi connectivity index (χ3n) is 2.96. The molecule has 0 bridgehead atoms. The third-order valence-corrected chi connectivity index (χ3v) is 2.96. The van der Waals surface area contributed by atoms with Crippen LogP contribution in [-0.2, 0) is 9.59 Å². The Balaban J connectivity index is 2.26. The zero-order valence-electron chi connectivity index (χ0n) is 9.15. The molecule has 2 rings (SSSR count). The number of aryl methyl sites for hydroxylation is 1. The summed E-state index contributed by atoms with van der Waals surface area (Å²) in [6.45, 7) is 3.93. The molecule has 6 nitrogen and oxygen atoms in total. The quantitative estimate of drug-likeness (QED) is 0.762. The lowest BCUT2D eigenvalue weighted by atomic mass is 10.1. The lowest BCUT2D eigenvalue weighted by molar-refractivity contribution is -0.141. The number of aromatic nitrogens is 2. The molecule has 1 unspecified atom stereocenters. The summed E-state index contributed by atoms with van der Waals surface area (Å²) in [6.07, 6.45) is 0.0562. The molecule has 2 heterocycles. The van der Waals surface area contributed by atoms with E-state index in [-0.39, 0.29) is 18.9 Å². The van der Waals surface area contributed by atoms with Crippen molar-refractivity contribution >= 4 is 17.7 Å². The van der Waals surface area contributed by atoms with Gasteiger partial charge in [0.15, 0.2) is 5.82 Å². The van der Waals surface area contributed by atoms with Crippen LogP contribution < -0.4 is 4.90 Å². The van der Waals surface area contributed by atoms with E-state index in [9.17, 15) is 9.59 Å². The van der Waals surface area contributed by atoms with Crippen LogP contribution in [0.3, 0.4) is 0 Å². The largest absolute Gasteiger partial charge is 0.481 e. The fourth-order valence-corrected chi connectivity index (χ4v) is 1.81. The van der Waals surface area contributed by atoms with Gasteiger partial charge in [-0.1, -0.05) is 0 Å². The molecule has 1 aromatic heterocycles. The summed E-state index contributed by atoms with van der Waals surface area (Å²) in [6, 6.07) is 0. The highest BCUT2D eigenvalue weighted by Crippen LogP contribution is 2.27. The van der Waals surface area contributed by atoms with Crippen LogP contribution in [0.2, 0.25) is 0 Å². The van der Waals surface area contributed by atoms with Gasteiger partial charge in [-0.2, -0.15) is 5.10 Å². The van der Waals surface area contributed by atoms with E-state index in [2.05, 4.69) is 10.2 Å². The molecule has 1 aromatic rings. The summed E-state index contributed by atoms with van der Waals surface area (Å²) in [5, 5.41) is 15.7. The van der Waals surface area contributed by atoms with Crippen molar-refractivity contribution in [1.82, 2.24) is 10.2 Å².